The third-order valence-electron chi connectivity index (χ3n) is 7.06. The summed E-state index contributed by atoms with van der Waals surface area (Å²) < 4.78 is 0. The van der Waals surface area contributed by atoms with E-state index < -0.39 is 0 Å². The highest BCUT2D eigenvalue weighted by Crippen LogP contribution is 2.41. The molecule has 2 aliphatic rings. The Balaban J connectivity index is 1.25. The molecule has 0 radical (unpaired) electrons. The van der Waals surface area contributed by atoms with Crippen molar-refractivity contribution in [1.82, 2.24) is 10.2 Å². The summed E-state index contributed by atoms with van der Waals surface area (Å²) in [6.07, 6.45) is 7.72. The van der Waals surface area contributed by atoms with Gasteiger partial charge in [-0.15, -0.1) is 0 Å². The summed E-state index contributed by atoms with van der Waals surface area (Å²) in [6.45, 7) is 1.95. The molecule has 1 fully saturated rings. The van der Waals surface area contributed by atoms with Crippen LogP contribution in [-0.4, -0.2) is 30.4 Å². The summed E-state index contributed by atoms with van der Waals surface area (Å²) in [5, 5.41) is 3.53. The van der Waals surface area contributed by atoms with Crippen molar-refractivity contribution in [3.05, 3.63) is 119 Å². The molecule has 32 heavy (non-hydrogen) atoms. The second-order valence-corrected chi connectivity index (χ2v) is 8.94. The lowest BCUT2D eigenvalue weighted by molar-refractivity contribution is -0.131. The Morgan fingerprint density at radius 3 is 2.09 bits per heavy atom. The van der Waals surface area contributed by atoms with Crippen molar-refractivity contribution in [3.8, 4) is 0 Å². The summed E-state index contributed by atoms with van der Waals surface area (Å²) in [4.78, 5) is 15.2. The lowest BCUT2D eigenvalue weighted by Gasteiger charge is -2.43. The molecule has 1 amide bonds. The maximum Gasteiger partial charge on any atom is 0.236 e. The molecule has 1 spiro atoms. The first-order valence-electron chi connectivity index (χ1n) is 11.6. The van der Waals surface area contributed by atoms with Gasteiger partial charge in [0.15, 0.2) is 0 Å². The molecular weight excluding hydrogens is 392 g/mol. The van der Waals surface area contributed by atoms with E-state index in [4.69, 9.17) is 0 Å². The number of rotatable bonds is 5. The zero-order chi connectivity index (χ0) is 21.8. The molecule has 0 aromatic heterocycles. The van der Waals surface area contributed by atoms with E-state index in [0.29, 0.717) is 6.54 Å². The summed E-state index contributed by atoms with van der Waals surface area (Å²) >= 11 is 0. The number of likely N-dealkylation sites (tertiary alicyclic amines) is 1. The standard InChI is InChI=1S/C29H30N2O/c32-27(22-30-28(24-11-3-1-4-12-24)25-13-5-2-6-14-25)31-20-18-29(19-21-31)17-9-15-23-10-7-8-16-26(23)29/h1-14,16-17,28,30H,15,18-22H2. The zero-order valence-corrected chi connectivity index (χ0v) is 18.4. The van der Waals surface area contributed by atoms with Crippen molar-refractivity contribution >= 4 is 5.91 Å². The van der Waals surface area contributed by atoms with Gasteiger partial charge in [-0.25, -0.2) is 0 Å². The Hall–Kier alpha value is -3.17. The van der Waals surface area contributed by atoms with Gasteiger partial charge in [0, 0.05) is 18.5 Å². The molecule has 3 aromatic rings. The maximum atomic E-state index is 13.1. The SMILES string of the molecule is O=C(CNC(c1ccccc1)c1ccccc1)N1CCC2(C=CCc3ccccc32)CC1. The lowest BCUT2D eigenvalue weighted by atomic mass is 9.68. The van der Waals surface area contributed by atoms with Crippen LogP contribution >= 0.6 is 0 Å². The number of benzene rings is 3. The number of piperidine rings is 1. The van der Waals surface area contributed by atoms with Crippen LogP contribution in [0.4, 0.5) is 0 Å². The van der Waals surface area contributed by atoms with Crippen molar-refractivity contribution in [3.63, 3.8) is 0 Å². The van der Waals surface area contributed by atoms with Gasteiger partial charge >= 0.3 is 0 Å². The Morgan fingerprint density at radius 1 is 0.844 bits per heavy atom. The first-order chi connectivity index (χ1) is 15.8. The molecule has 1 N–H and O–H groups in total. The second kappa shape index (κ2) is 9.13. The average Bonchev–Trinajstić information content (AvgIpc) is 2.86. The number of allylic oxidation sites excluding steroid dienone is 2. The summed E-state index contributed by atoms with van der Waals surface area (Å²) in [5.74, 6) is 0.185. The molecule has 0 unspecified atom stereocenters. The van der Waals surface area contributed by atoms with Gasteiger partial charge in [0.2, 0.25) is 5.91 Å². The third kappa shape index (κ3) is 4.13. The molecule has 1 aliphatic heterocycles. The molecule has 0 bridgehead atoms. The molecule has 1 aliphatic carbocycles. The van der Waals surface area contributed by atoms with Gasteiger partial charge in [0.1, 0.15) is 0 Å². The molecule has 162 valence electrons. The summed E-state index contributed by atoms with van der Waals surface area (Å²) in [5.41, 5.74) is 5.34. The van der Waals surface area contributed by atoms with Crippen molar-refractivity contribution < 1.29 is 4.79 Å². The van der Waals surface area contributed by atoms with Crippen molar-refractivity contribution in [1.29, 1.82) is 0 Å². The van der Waals surface area contributed by atoms with E-state index in [1.807, 2.05) is 41.3 Å². The molecule has 1 heterocycles. The summed E-state index contributed by atoms with van der Waals surface area (Å²) in [6, 6.07) is 29.5. The Morgan fingerprint density at radius 2 is 1.44 bits per heavy atom. The Kier molecular flexibility index (Phi) is 5.91. The number of fused-ring (bicyclic) bond motifs is 2. The normalized spacial score (nSPS) is 16.8. The van der Waals surface area contributed by atoms with E-state index in [2.05, 4.69) is 66.0 Å². The van der Waals surface area contributed by atoms with Crippen LogP contribution in [0, 0.1) is 0 Å². The van der Waals surface area contributed by atoms with Gasteiger partial charge in [0.05, 0.1) is 12.6 Å². The Bertz CT molecular complexity index is 1040. The van der Waals surface area contributed by atoms with Crippen molar-refractivity contribution in [2.75, 3.05) is 19.6 Å². The Labute approximate surface area is 190 Å². The van der Waals surface area contributed by atoms with Gasteiger partial charge in [0.25, 0.3) is 0 Å². The van der Waals surface area contributed by atoms with Gasteiger partial charge in [-0.3, -0.25) is 10.1 Å². The van der Waals surface area contributed by atoms with Crippen LogP contribution in [0.2, 0.25) is 0 Å². The number of carbonyl (C=O) groups excluding carboxylic acids is 1. The third-order valence-corrected chi connectivity index (χ3v) is 7.06. The quantitative estimate of drug-likeness (QED) is 0.585. The van der Waals surface area contributed by atoms with E-state index in [-0.39, 0.29) is 17.4 Å². The second-order valence-electron chi connectivity index (χ2n) is 8.94. The smallest absolute Gasteiger partial charge is 0.236 e. The number of hydrogen-bond acceptors (Lipinski definition) is 2. The number of amides is 1. The lowest BCUT2D eigenvalue weighted by Crippen LogP contribution is -2.48. The van der Waals surface area contributed by atoms with E-state index in [9.17, 15) is 4.79 Å². The van der Waals surface area contributed by atoms with Crippen molar-refractivity contribution in [2.24, 2.45) is 0 Å². The molecule has 0 atom stereocenters. The fraction of sp³-hybridized carbons (Fsp3) is 0.276. The molecule has 3 heteroatoms. The molecule has 3 nitrogen and oxygen atoms in total. The fourth-order valence-corrected chi connectivity index (χ4v) is 5.30. The van der Waals surface area contributed by atoms with Crippen LogP contribution in [0.15, 0.2) is 97.1 Å². The van der Waals surface area contributed by atoms with E-state index in [0.717, 1.165) is 32.4 Å². The molecule has 1 saturated heterocycles. The van der Waals surface area contributed by atoms with Crippen LogP contribution in [0.3, 0.4) is 0 Å². The minimum Gasteiger partial charge on any atom is -0.342 e. The number of carbonyl (C=O) groups is 1. The average molecular weight is 423 g/mol. The highest BCUT2D eigenvalue weighted by Gasteiger charge is 2.37. The van der Waals surface area contributed by atoms with Gasteiger partial charge in [-0.2, -0.15) is 0 Å². The van der Waals surface area contributed by atoms with Gasteiger partial charge < -0.3 is 4.90 Å². The van der Waals surface area contributed by atoms with Crippen LogP contribution in [0.25, 0.3) is 0 Å². The van der Waals surface area contributed by atoms with Crippen LogP contribution in [0.5, 0.6) is 0 Å². The first-order valence-corrected chi connectivity index (χ1v) is 11.6. The van der Waals surface area contributed by atoms with E-state index in [1.54, 1.807) is 0 Å². The van der Waals surface area contributed by atoms with Crippen LogP contribution in [-0.2, 0) is 16.6 Å². The number of nitrogens with one attached hydrogen (secondary N) is 1. The molecule has 5 rings (SSSR count). The number of nitrogens with zero attached hydrogens (tertiary/aromatic N) is 1. The van der Waals surface area contributed by atoms with Crippen LogP contribution in [0.1, 0.15) is 41.1 Å². The van der Waals surface area contributed by atoms with E-state index in [1.165, 1.54) is 22.3 Å². The molecule has 3 aromatic carbocycles. The maximum absolute atomic E-state index is 13.1. The van der Waals surface area contributed by atoms with Crippen LogP contribution < -0.4 is 5.32 Å². The van der Waals surface area contributed by atoms with Gasteiger partial charge in [-0.1, -0.05) is 97.1 Å². The van der Waals surface area contributed by atoms with Gasteiger partial charge in [-0.05, 0) is 41.5 Å². The minimum atomic E-state index is 0.00522. The first kappa shape index (κ1) is 20.7. The predicted octanol–water partition coefficient (Wildman–Crippen LogP) is 5.04. The highest BCUT2D eigenvalue weighted by molar-refractivity contribution is 5.78. The fourth-order valence-electron chi connectivity index (χ4n) is 5.30. The molecular formula is C29H30N2O. The predicted molar refractivity (Wildman–Crippen MR) is 130 cm³/mol. The topological polar surface area (TPSA) is 32.3 Å². The molecule has 0 saturated carbocycles. The minimum absolute atomic E-state index is 0.00522. The largest absolute Gasteiger partial charge is 0.342 e. The summed E-state index contributed by atoms with van der Waals surface area (Å²) in [7, 11) is 0. The monoisotopic (exact) mass is 422 g/mol. The van der Waals surface area contributed by atoms with E-state index >= 15 is 0 Å². The highest BCUT2D eigenvalue weighted by atomic mass is 16.2. The number of hydrogen-bond donors (Lipinski definition) is 1. The van der Waals surface area contributed by atoms with Crippen molar-refractivity contribution in [2.45, 2.75) is 30.7 Å². The zero-order valence-electron chi connectivity index (χ0n) is 18.4.